The molecule has 0 radical (unpaired) electrons. The standard InChI is InChI=1S/C10H13NO2/c1-8-3-4-9(7-12)10(5-8)6-11-13-2/h3-5,7,11H,6H2,1-2H3. The third-order valence-electron chi connectivity index (χ3n) is 1.83. The van der Waals surface area contributed by atoms with Gasteiger partial charge in [0.2, 0.25) is 0 Å². The Morgan fingerprint density at radius 2 is 2.31 bits per heavy atom. The van der Waals surface area contributed by atoms with Crippen LogP contribution in [0, 0.1) is 6.92 Å². The van der Waals surface area contributed by atoms with Crippen molar-refractivity contribution < 1.29 is 9.63 Å². The Morgan fingerprint density at radius 3 is 2.92 bits per heavy atom. The molecule has 1 aromatic rings. The van der Waals surface area contributed by atoms with Gasteiger partial charge in [-0.05, 0) is 12.5 Å². The van der Waals surface area contributed by atoms with Gasteiger partial charge >= 0.3 is 0 Å². The molecule has 3 nitrogen and oxygen atoms in total. The molecule has 0 fully saturated rings. The van der Waals surface area contributed by atoms with Crippen molar-refractivity contribution in [3.8, 4) is 0 Å². The minimum atomic E-state index is 0.548. The van der Waals surface area contributed by atoms with Crippen LogP contribution in [-0.2, 0) is 11.4 Å². The summed E-state index contributed by atoms with van der Waals surface area (Å²) in [4.78, 5) is 15.4. The number of carbonyl (C=O) groups excluding carboxylic acids is 1. The molecule has 70 valence electrons. The van der Waals surface area contributed by atoms with Crippen LogP contribution in [0.5, 0.6) is 0 Å². The highest BCUT2D eigenvalue weighted by Crippen LogP contribution is 2.09. The van der Waals surface area contributed by atoms with Gasteiger partial charge in [-0.2, -0.15) is 5.48 Å². The van der Waals surface area contributed by atoms with Crippen molar-refractivity contribution in [3.63, 3.8) is 0 Å². The highest BCUT2D eigenvalue weighted by atomic mass is 16.6. The summed E-state index contributed by atoms with van der Waals surface area (Å²) in [5.41, 5.74) is 5.50. The fourth-order valence-corrected chi connectivity index (χ4v) is 1.15. The van der Waals surface area contributed by atoms with E-state index in [0.717, 1.165) is 17.4 Å². The zero-order chi connectivity index (χ0) is 9.68. The van der Waals surface area contributed by atoms with Crippen LogP contribution in [0.4, 0.5) is 0 Å². The molecule has 0 saturated carbocycles. The summed E-state index contributed by atoms with van der Waals surface area (Å²) in [5.74, 6) is 0. The van der Waals surface area contributed by atoms with Crippen LogP contribution < -0.4 is 5.48 Å². The van der Waals surface area contributed by atoms with Crippen molar-refractivity contribution >= 4 is 6.29 Å². The minimum Gasteiger partial charge on any atom is -0.305 e. The molecule has 0 atom stereocenters. The first-order valence-electron chi connectivity index (χ1n) is 4.08. The Morgan fingerprint density at radius 1 is 1.54 bits per heavy atom. The largest absolute Gasteiger partial charge is 0.305 e. The van der Waals surface area contributed by atoms with Gasteiger partial charge in [0.05, 0.1) is 7.11 Å². The molecule has 1 rings (SSSR count). The molecule has 0 saturated heterocycles. The van der Waals surface area contributed by atoms with Gasteiger partial charge in [-0.15, -0.1) is 0 Å². The molecular weight excluding hydrogens is 166 g/mol. The molecule has 0 spiro atoms. The molecule has 0 bridgehead atoms. The van der Waals surface area contributed by atoms with Crippen molar-refractivity contribution in [2.45, 2.75) is 13.5 Å². The van der Waals surface area contributed by atoms with Gasteiger partial charge in [-0.1, -0.05) is 23.8 Å². The third kappa shape index (κ3) is 2.65. The number of hydroxylamine groups is 1. The zero-order valence-electron chi connectivity index (χ0n) is 7.83. The molecule has 0 aliphatic carbocycles. The molecule has 1 aromatic carbocycles. The number of aldehydes is 1. The quantitative estimate of drug-likeness (QED) is 0.561. The van der Waals surface area contributed by atoms with Crippen LogP contribution in [0.3, 0.4) is 0 Å². The lowest BCUT2D eigenvalue weighted by Crippen LogP contribution is -2.12. The maximum absolute atomic E-state index is 10.6. The van der Waals surface area contributed by atoms with Crippen molar-refractivity contribution in [3.05, 3.63) is 34.9 Å². The summed E-state index contributed by atoms with van der Waals surface area (Å²) in [5, 5.41) is 0. The van der Waals surface area contributed by atoms with Gasteiger partial charge in [0.1, 0.15) is 6.29 Å². The first-order chi connectivity index (χ1) is 6.27. The third-order valence-corrected chi connectivity index (χ3v) is 1.83. The predicted octanol–water partition coefficient (Wildman–Crippen LogP) is 1.46. The SMILES string of the molecule is CONCc1cc(C)ccc1C=O. The Kier molecular flexibility index (Phi) is 3.61. The van der Waals surface area contributed by atoms with E-state index in [1.54, 1.807) is 7.11 Å². The molecule has 3 heteroatoms. The van der Waals surface area contributed by atoms with E-state index >= 15 is 0 Å². The zero-order valence-corrected chi connectivity index (χ0v) is 7.83. The van der Waals surface area contributed by atoms with E-state index in [0.29, 0.717) is 12.1 Å². The van der Waals surface area contributed by atoms with Gasteiger partial charge in [0.15, 0.2) is 0 Å². The summed E-state index contributed by atoms with van der Waals surface area (Å²) in [6.07, 6.45) is 0.853. The fourth-order valence-electron chi connectivity index (χ4n) is 1.15. The number of carbonyl (C=O) groups is 1. The van der Waals surface area contributed by atoms with Crippen LogP contribution in [0.2, 0.25) is 0 Å². The van der Waals surface area contributed by atoms with Crippen molar-refractivity contribution in [2.24, 2.45) is 0 Å². The van der Waals surface area contributed by atoms with Gasteiger partial charge in [0.25, 0.3) is 0 Å². The van der Waals surface area contributed by atoms with Crippen LogP contribution >= 0.6 is 0 Å². The first kappa shape index (κ1) is 9.89. The van der Waals surface area contributed by atoms with E-state index in [9.17, 15) is 4.79 Å². The topological polar surface area (TPSA) is 38.3 Å². The number of hydrogen-bond donors (Lipinski definition) is 1. The lowest BCUT2D eigenvalue weighted by Gasteiger charge is -2.05. The summed E-state index contributed by atoms with van der Waals surface area (Å²) >= 11 is 0. The molecule has 0 aromatic heterocycles. The second-order valence-electron chi connectivity index (χ2n) is 2.85. The molecule has 0 aliphatic heterocycles. The van der Waals surface area contributed by atoms with Gasteiger partial charge in [-0.3, -0.25) is 4.79 Å². The van der Waals surface area contributed by atoms with E-state index in [-0.39, 0.29) is 0 Å². The molecule has 0 amide bonds. The summed E-state index contributed by atoms with van der Waals surface area (Å²) in [6, 6.07) is 5.70. The number of benzene rings is 1. The molecule has 1 N–H and O–H groups in total. The van der Waals surface area contributed by atoms with Gasteiger partial charge in [0, 0.05) is 12.1 Å². The summed E-state index contributed by atoms with van der Waals surface area (Å²) < 4.78 is 0. The van der Waals surface area contributed by atoms with Crippen LogP contribution in [0.15, 0.2) is 18.2 Å². The Balaban J connectivity index is 2.87. The van der Waals surface area contributed by atoms with Gasteiger partial charge in [-0.25, -0.2) is 0 Å². The fraction of sp³-hybridized carbons (Fsp3) is 0.300. The predicted molar refractivity (Wildman–Crippen MR) is 50.4 cm³/mol. The number of aryl methyl sites for hydroxylation is 1. The first-order valence-corrected chi connectivity index (χ1v) is 4.08. The Hall–Kier alpha value is -1.19. The Labute approximate surface area is 77.7 Å². The summed E-state index contributed by atoms with van der Waals surface area (Å²) in [6.45, 7) is 2.54. The molecule has 0 aliphatic rings. The lowest BCUT2D eigenvalue weighted by atomic mass is 10.1. The van der Waals surface area contributed by atoms with Crippen molar-refractivity contribution in [1.82, 2.24) is 5.48 Å². The average molecular weight is 179 g/mol. The average Bonchev–Trinajstić information content (AvgIpc) is 2.15. The highest BCUT2D eigenvalue weighted by Gasteiger charge is 2.00. The highest BCUT2D eigenvalue weighted by molar-refractivity contribution is 5.77. The van der Waals surface area contributed by atoms with Gasteiger partial charge < -0.3 is 4.84 Å². The smallest absolute Gasteiger partial charge is 0.150 e. The maximum atomic E-state index is 10.6. The van der Waals surface area contributed by atoms with Crippen LogP contribution in [0.25, 0.3) is 0 Å². The number of nitrogens with one attached hydrogen (secondary N) is 1. The van der Waals surface area contributed by atoms with E-state index in [1.807, 2.05) is 25.1 Å². The van der Waals surface area contributed by atoms with E-state index in [4.69, 9.17) is 4.84 Å². The monoisotopic (exact) mass is 179 g/mol. The number of hydrogen-bond acceptors (Lipinski definition) is 3. The normalized spacial score (nSPS) is 10.0. The molecular formula is C10H13NO2. The lowest BCUT2D eigenvalue weighted by molar-refractivity contribution is 0.0863. The van der Waals surface area contributed by atoms with Crippen LogP contribution in [0.1, 0.15) is 21.5 Å². The van der Waals surface area contributed by atoms with E-state index in [1.165, 1.54) is 0 Å². The molecule has 0 heterocycles. The van der Waals surface area contributed by atoms with Crippen molar-refractivity contribution in [2.75, 3.05) is 7.11 Å². The number of rotatable bonds is 4. The molecule has 0 unspecified atom stereocenters. The Bertz CT molecular complexity index is 297. The maximum Gasteiger partial charge on any atom is 0.150 e. The second-order valence-corrected chi connectivity index (χ2v) is 2.85. The molecule has 13 heavy (non-hydrogen) atoms. The van der Waals surface area contributed by atoms with E-state index in [2.05, 4.69) is 5.48 Å². The van der Waals surface area contributed by atoms with Crippen molar-refractivity contribution in [1.29, 1.82) is 0 Å². The van der Waals surface area contributed by atoms with E-state index < -0.39 is 0 Å². The second kappa shape index (κ2) is 4.74. The summed E-state index contributed by atoms with van der Waals surface area (Å²) in [7, 11) is 1.55. The van der Waals surface area contributed by atoms with Crippen LogP contribution in [-0.4, -0.2) is 13.4 Å². The minimum absolute atomic E-state index is 0.548.